The van der Waals surface area contributed by atoms with Gasteiger partial charge in [0.2, 0.25) is 5.91 Å². The lowest BCUT2D eigenvalue weighted by Crippen LogP contribution is -2.34. The molecule has 170 valence electrons. The number of aromatic nitrogens is 3. The molecule has 0 unspecified atom stereocenters. The van der Waals surface area contributed by atoms with Crippen molar-refractivity contribution >= 4 is 27.7 Å². The molecule has 1 amide bonds. The Morgan fingerprint density at radius 2 is 1.68 bits per heavy atom. The Bertz CT molecular complexity index is 1540. The maximum absolute atomic E-state index is 13.5. The zero-order valence-corrected chi connectivity index (χ0v) is 18.8. The van der Waals surface area contributed by atoms with Crippen molar-refractivity contribution < 1.29 is 9.53 Å². The van der Waals surface area contributed by atoms with E-state index in [0.717, 1.165) is 27.4 Å². The van der Waals surface area contributed by atoms with Gasteiger partial charge in [-0.2, -0.15) is 5.10 Å². The number of fused-ring (bicyclic) bond motifs is 3. The highest BCUT2D eigenvalue weighted by molar-refractivity contribution is 6.07. The Kier molecular flexibility index (Phi) is 5.82. The number of para-hydroxylation sites is 2. The van der Waals surface area contributed by atoms with Gasteiger partial charge in [0, 0.05) is 34.9 Å². The van der Waals surface area contributed by atoms with Crippen LogP contribution in [0.5, 0.6) is 5.75 Å². The largest absolute Gasteiger partial charge is 0.496 e. The van der Waals surface area contributed by atoms with Crippen molar-refractivity contribution in [3.8, 4) is 5.75 Å². The molecule has 34 heavy (non-hydrogen) atoms. The van der Waals surface area contributed by atoms with E-state index in [1.54, 1.807) is 13.3 Å². The van der Waals surface area contributed by atoms with Crippen molar-refractivity contribution in [3.05, 3.63) is 107 Å². The number of ether oxygens (including phenoxy) is 1. The van der Waals surface area contributed by atoms with E-state index in [2.05, 4.69) is 10.4 Å². The smallest absolute Gasteiger partial charge is 0.291 e. The fourth-order valence-corrected chi connectivity index (χ4v) is 4.27. The van der Waals surface area contributed by atoms with Gasteiger partial charge in [-0.15, -0.1) is 0 Å². The van der Waals surface area contributed by atoms with Crippen LogP contribution in [0.3, 0.4) is 0 Å². The number of rotatable bonds is 7. The number of nitrogens with one attached hydrogen (secondary N) is 1. The van der Waals surface area contributed by atoms with Gasteiger partial charge >= 0.3 is 0 Å². The summed E-state index contributed by atoms with van der Waals surface area (Å²) >= 11 is 0. The number of carbonyl (C=O) groups excluding carboxylic acids is 1. The molecule has 0 bridgehead atoms. The fourth-order valence-electron chi connectivity index (χ4n) is 4.27. The van der Waals surface area contributed by atoms with Gasteiger partial charge in [-0.25, -0.2) is 4.68 Å². The van der Waals surface area contributed by atoms with Crippen LogP contribution < -0.4 is 15.6 Å². The van der Waals surface area contributed by atoms with Crippen molar-refractivity contribution in [1.29, 1.82) is 0 Å². The molecular formula is C27H24N4O3. The number of carbonyl (C=O) groups is 1. The summed E-state index contributed by atoms with van der Waals surface area (Å²) in [4.78, 5) is 26.2. The molecule has 7 heteroatoms. The van der Waals surface area contributed by atoms with E-state index >= 15 is 0 Å². The SMILES string of the molecule is COc1ccccc1CNC(=O)Cn1ncc2c3ccccc3n(Cc3ccccc3)c2c1=O. The van der Waals surface area contributed by atoms with E-state index in [0.29, 0.717) is 24.4 Å². The summed E-state index contributed by atoms with van der Waals surface area (Å²) in [5, 5.41) is 8.91. The molecule has 0 spiro atoms. The predicted octanol–water partition coefficient (Wildman–Crippen LogP) is 3.72. The Hall–Kier alpha value is -4.39. The van der Waals surface area contributed by atoms with E-state index < -0.39 is 0 Å². The maximum atomic E-state index is 13.5. The van der Waals surface area contributed by atoms with Crippen LogP contribution in [0.15, 0.2) is 89.9 Å². The molecule has 0 saturated heterocycles. The summed E-state index contributed by atoms with van der Waals surface area (Å²) in [5.41, 5.74) is 3.15. The summed E-state index contributed by atoms with van der Waals surface area (Å²) in [6.07, 6.45) is 1.67. The van der Waals surface area contributed by atoms with Gasteiger partial charge in [0.1, 0.15) is 17.8 Å². The monoisotopic (exact) mass is 452 g/mol. The molecule has 7 nitrogen and oxygen atoms in total. The second kappa shape index (κ2) is 9.23. The molecule has 5 aromatic rings. The molecule has 1 N–H and O–H groups in total. The first kappa shape index (κ1) is 21.5. The minimum Gasteiger partial charge on any atom is -0.496 e. The van der Waals surface area contributed by atoms with E-state index in [-0.39, 0.29) is 18.0 Å². The molecule has 0 fully saturated rings. The van der Waals surface area contributed by atoms with Gasteiger partial charge in [-0.1, -0.05) is 66.7 Å². The summed E-state index contributed by atoms with van der Waals surface area (Å²) in [5.74, 6) is 0.399. The Labute approximate surface area is 196 Å². The lowest BCUT2D eigenvalue weighted by atomic mass is 10.2. The van der Waals surface area contributed by atoms with E-state index in [4.69, 9.17) is 4.74 Å². The van der Waals surface area contributed by atoms with E-state index in [9.17, 15) is 9.59 Å². The zero-order chi connectivity index (χ0) is 23.5. The number of nitrogens with zero attached hydrogens (tertiary/aromatic N) is 3. The molecule has 0 radical (unpaired) electrons. The van der Waals surface area contributed by atoms with Crippen LogP contribution in [0.2, 0.25) is 0 Å². The summed E-state index contributed by atoms with van der Waals surface area (Å²) in [6, 6.07) is 25.4. The van der Waals surface area contributed by atoms with Crippen molar-refractivity contribution in [1.82, 2.24) is 19.7 Å². The highest BCUT2D eigenvalue weighted by Crippen LogP contribution is 2.27. The Morgan fingerprint density at radius 3 is 2.50 bits per heavy atom. The first-order valence-corrected chi connectivity index (χ1v) is 11.1. The van der Waals surface area contributed by atoms with Crippen LogP contribution in [-0.2, 0) is 24.4 Å². The van der Waals surface area contributed by atoms with Crippen molar-refractivity contribution in [2.24, 2.45) is 0 Å². The topological polar surface area (TPSA) is 78.2 Å². The summed E-state index contributed by atoms with van der Waals surface area (Å²) in [6.45, 7) is 0.676. The van der Waals surface area contributed by atoms with Gasteiger partial charge in [0.05, 0.1) is 13.3 Å². The fraction of sp³-hybridized carbons (Fsp3) is 0.148. The van der Waals surface area contributed by atoms with E-state index in [1.165, 1.54) is 4.68 Å². The third-order valence-electron chi connectivity index (χ3n) is 5.92. The normalized spacial score (nSPS) is 11.1. The first-order valence-electron chi connectivity index (χ1n) is 11.1. The minimum atomic E-state index is -0.300. The summed E-state index contributed by atoms with van der Waals surface area (Å²) < 4.78 is 8.56. The Balaban J connectivity index is 1.48. The molecule has 0 atom stereocenters. The molecule has 5 rings (SSSR count). The third-order valence-corrected chi connectivity index (χ3v) is 5.92. The molecular weight excluding hydrogens is 428 g/mol. The minimum absolute atomic E-state index is 0.170. The molecule has 3 aromatic carbocycles. The molecule has 0 aliphatic rings. The van der Waals surface area contributed by atoms with Crippen LogP contribution >= 0.6 is 0 Å². The van der Waals surface area contributed by atoms with Gasteiger partial charge in [-0.05, 0) is 17.7 Å². The van der Waals surface area contributed by atoms with Gasteiger partial charge in [0.15, 0.2) is 0 Å². The van der Waals surface area contributed by atoms with Crippen LogP contribution in [0.4, 0.5) is 0 Å². The van der Waals surface area contributed by atoms with Crippen molar-refractivity contribution in [2.45, 2.75) is 19.6 Å². The molecule has 2 heterocycles. The standard InChI is InChI=1S/C27H24N4O3/c1-34-24-14-8-5-11-20(24)15-28-25(32)18-31-27(33)26-22(16-29-31)21-12-6-7-13-23(21)30(26)17-19-9-3-2-4-10-19/h2-14,16H,15,17-18H2,1H3,(H,28,32). The van der Waals surface area contributed by atoms with Gasteiger partial charge in [0.25, 0.3) is 5.56 Å². The maximum Gasteiger partial charge on any atom is 0.291 e. The second-order valence-electron chi connectivity index (χ2n) is 8.05. The zero-order valence-electron chi connectivity index (χ0n) is 18.8. The molecule has 2 aromatic heterocycles. The van der Waals surface area contributed by atoms with Crippen LogP contribution in [0.1, 0.15) is 11.1 Å². The average molecular weight is 453 g/mol. The summed E-state index contributed by atoms with van der Waals surface area (Å²) in [7, 11) is 1.59. The van der Waals surface area contributed by atoms with Gasteiger partial charge in [-0.3, -0.25) is 9.59 Å². The number of hydrogen-bond donors (Lipinski definition) is 1. The molecule has 0 aliphatic carbocycles. The van der Waals surface area contributed by atoms with Gasteiger partial charge < -0.3 is 14.6 Å². The average Bonchev–Trinajstić information content (AvgIpc) is 3.19. The number of amides is 1. The van der Waals surface area contributed by atoms with Crippen LogP contribution in [-0.4, -0.2) is 27.4 Å². The van der Waals surface area contributed by atoms with E-state index in [1.807, 2.05) is 83.4 Å². The second-order valence-corrected chi connectivity index (χ2v) is 8.05. The highest BCUT2D eigenvalue weighted by atomic mass is 16.5. The number of methoxy groups -OCH3 is 1. The number of hydrogen-bond acceptors (Lipinski definition) is 4. The van der Waals surface area contributed by atoms with Crippen molar-refractivity contribution in [2.75, 3.05) is 7.11 Å². The molecule has 0 saturated carbocycles. The van der Waals surface area contributed by atoms with Crippen LogP contribution in [0, 0.1) is 0 Å². The highest BCUT2D eigenvalue weighted by Gasteiger charge is 2.17. The number of benzene rings is 3. The third kappa shape index (κ3) is 4.03. The lowest BCUT2D eigenvalue weighted by Gasteiger charge is -2.11. The Morgan fingerprint density at radius 1 is 0.941 bits per heavy atom. The molecule has 0 aliphatic heterocycles. The van der Waals surface area contributed by atoms with Crippen molar-refractivity contribution in [3.63, 3.8) is 0 Å². The lowest BCUT2D eigenvalue weighted by molar-refractivity contribution is -0.122. The quantitative estimate of drug-likeness (QED) is 0.408. The van der Waals surface area contributed by atoms with Crippen LogP contribution in [0.25, 0.3) is 21.8 Å². The first-order chi connectivity index (χ1) is 16.7. The predicted molar refractivity (Wildman–Crippen MR) is 132 cm³/mol.